The maximum Gasteiger partial charge on any atom is 0.225 e. The Kier molecular flexibility index (Phi) is 6.93. The summed E-state index contributed by atoms with van der Waals surface area (Å²) in [4.78, 5) is 32.5. The van der Waals surface area contributed by atoms with E-state index in [1.54, 1.807) is 37.1 Å². The molecular weight excluding hydrogens is 386 g/mol. The molecule has 0 fully saturated rings. The summed E-state index contributed by atoms with van der Waals surface area (Å²) in [6, 6.07) is 12.7. The first-order valence-electron chi connectivity index (χ1n) is 9.42. The number of benzene rings is 2. The van der Waals surface area contributed by atoms with E-state index in [0.29, 0.717) is 16.9 Å². The Morgan fingerprint density at radius 3 is 2.72 bits per heavy atom. The number of carbonyl (C=O) groups is 2. The van der Waals surface area contributed by atoms with E-state index in [1.165, 1.54) is 6.92 Å². The fraction of sp³-hybridized carbons (Fsp3) is 0.318. The average Bonchev–Trinajstić information content (AvgIpc) is 3.15. The maximum absolute atomic E-state index is 12.8. The average molecular weight is 412 g/mol. The third kappa shape index (κ3) is 5.17. The normalized spacial score (nSPS) is 12.0. The second kappa shape index (κ2) is 9.60. The highest BCUT2D eigenvalue weighted by atomic mass is 32.2. The minimum Gasteiger partial charge on any atom is -0.496 e. The van der Waals surface area contributed by atoms with Gasteiger partial charge in [0, 0.05) is 11.1 Å². The molecule has 0 radical (unpaired) electrons. The van der Waals surface area contributed by atoms with E-state index in [-0.39, 0.29) is 24.2 Å². The number of ketones is 1. The highest BCUT2D eigenvalue weighted by Crippen LogP contribution is 2.23. The zero-order valence-electron chi connectivity index (χ0n) is 16.8. The molecule has 0 aliphatic rings. The molecule has 0 saturated carbocycles. The Hall–Kier alpha value is -2.80. The number of nitrogens with zero attached hydrogens (tertiary/aromatic N) is 1. The summed E-state index contributed by atoms with van der Waals surface area (Å²) in [5.74, 6) is 2.04. The summed E-state index contributed by atoms with van der Waals surface area (Å²) < 4.78 is 5.36. The third-order valence-electron chi connectivity index (χ3n) is 4.72. The first-order chi connectivity index (χ1) is 14.0. The lowest BCUT2D eigenvalue weighted by molar-refractivity contribution is -0.121. The van der Waals surface area contributed by atoms with Gasteiger partial charge in [-0.15, -0.1) is 0 Å². The number of carbonyl (C=O) groups excluding carboxylic acids is 2. The summed E-state index contributed by atoms with van der Waals surface area (Å²) in [5.41, 5.74) is 3.07. The fourth-order valence-electron chi connectivity index (χ4n) is 3.20. The van der Waals surface area contributed by atoms with E-state index in [9.17, 15) is 9.59 Å². The second-order valence-corrected chi connectivity index (χ2v) is 7.79. The molecule has 1 atom stereocenters. The van der Waals surface area contributed by atoms with Gasteiger partial charge in [-0.05, 0) is 55.7 Å². The summed E-state index contributed by atoms with van der Waals surface area (Å²) in [6.45, 7) is 1.51. The lowest BCUT2D eigenvalue weighted by atomic mass is 10.0. The molecule has 29 heavy (non-hydrogen) atoms. The Bertz CT molecular complexity index is 982. The Morgan fingerprint density at radius 2 is 2.03 bits per heavy atom. The summed E-state index contributed by atoms with van der Waals surface area (Å²) in [5, 5.41) is 3.09. The molecule has 2 N–H and O–H groups in total. The van der Waals surface area contributed by atoms with Crippen LogP contribution in [0.15, 0.2) is 42.5 Å². The van der Waals surface area contributed by atoms with Crippen molar-refractivity contribution in [3.05, 3.63) is 59.4 Å². The number of hydrogen-bond acceptors (Lipinski definition) is 5. The second-order valence-electron chi connectivity index (χ2n) is 6.80. The zero-order chi connectivity index (χ0) is 20.8. The van der Waals surface area contributed by atoms with Crippen molar-refractivity contribution in [2.75, 3.05) is 19.1 Å². The lowest BCUT2D eigenvalue weighted by Crippen LogP contribution is -2.31. The highest BCUT2D eigenvalue weighted by Gasteiger charge is 2.19. The number of amides is 1. The Morgan fingerprint density at radius 1 is 1.24 bits per heavy atom. The van der Waals surface area contributed by atoms with E-state index in [2.05, 4.69) is 15.3 Å². The number of fused-ring (bicyclic) bond motifs is 1. The highest BCUT2D eigenvalue weighted by molar-refractivity contribution is 7.98. The minimum atomic E-state index is -0.218. The van der Waals surface area contributed by atoms with Crippen LogP contribution in [0, 0.1) is 0 Å². The molecule has 0 spiro atoms. The van der Waals surface area contributed by atoms with Gasteiger partial charge in [-0.3, -0.25) is 9.59 Å². The van der Waals surface area contributed by atoms with Crippen molar-refractivity contribution in [2.45, 2.75) is 25.8 Å². The van der Waals surface area contributed by atoms with Crippen LogP contribution >= 0.6 is 11.8 Å². The first-order valence-corrected chi connectivity index (χ1v) is 10.8. The topological polar surface area (TPSA) is 84.1 Å². The SMILES string of the molecule is COc1ccc(C(C)=O)cc1CC(=O)N[C@@H](CCSC)c1nc2ccccc2[nH]1. The number of H-pyrrole nitrogens is 1. The van der Waals surface area contributed by atoms with E-state index in [0.717, 1.165) is 29.0 Å². The van der Waals surface area contributed by atoms with Crippen molar-refractivity contribution in [3.63, 3.8) is 0 Å². The van der Waals surface area contributed by atoms with E-state index in [1.807, 2.05) is 30.5 Å². The molecule has 0 bridgehead atoms. The predicted molar refractivity (Wildman–Crippen MR) is 117 cm³/mol. The number of Topliss-reactive ketones (excluding diaryl/α,β-unsaturated/α-hetero) is 1. The maximum atomic E-state index is 12.8. The number of imidazole rings is 1. The van der Waals surface area contributed by atoms with E-state index >= 15 is 0 Å². The van der Waals surface area contributed by atoms with Crippen molar-refractivity contribution < 1.29 is 14.3 Å². The van der Waals surface area contributed by atoms with Crippen LogP contribution in [0.1, 0.15) is 41.1 Å². The number of nitrogens with one attached hydrogen (secondary N) is 2. The van der Waals surface area contributed by atoms with Crippen molar-refractivity contribution >= 4 is 34.5 Å². The summed E-state index contributed by atoms with van der Waals surface area (Å²) >= 11 is 1.72. The quantitative estimate of drug-likeness (QED) is 0.521. The van der Waals surface area contributed by atoms with Gasteiger partial charge in [0.2, 0.25) is 5.91 Å². The molecule has 7 heteroatoms. The molecule has 0 saturated heterocycles. The minimum absolute atomic E-state index is 0.0468. The van der Waals surface area contributed by atoms with Crippen LogP contribution in [0.4, 0.5) is 0 Å². The number of ether oxygens (including phenoxy) is 1. The Balaban J connectivity index is 1.80. The van der Waals surface area contributed by atoms with Crippen LogP contribution in [-0.2, 0) is 11.2 Å². The molecule has 0 aliphatic carbocycles. The number of aromatic nitrogens is 2. The van der Waals surface area contributed by atoms with Gasteiger partial charge >= 0.3 is 0 Å². The van der Waals surface area contributed by atoms with Gasteiger partial charge in [-0.25, -0.2) is 4.98 Å². The summed E-state index contributed by atoms with van der Waals surface area (Å²) in [6.07, 6.45) is 2.92. The zero-order valence-corrected chi connectivity index (χ0v) is 17.6. The number of hydrogen-bond donors (Lipinski definition) is 2. The van der Waals surface area contributed by atoms with Crippen molar-refractivity contribution in [3.8, 4) is 5.75 Å². The molecule has 152 valence electrons. The molecule has 3 aromatic rings. The van der Waals surface area contributed by atoms with Crippen molar-refractivity contribution in [1.82, 2.24) is 15.3 Å². The molecule has 3 rings (SSSR count). The van der Waals surface area contributed by atoms with Crippen LogP contribution in [0.25, 0.3) is 11.0 Å². The monoisotopic (exact) mass is 411 g/mol. The van der Waals surface area contributed by atoms with Gasteiger partial charge < -0.3 is 15.0 Å². The van der Waals surface area contributed by atoms with E-state index in [4.69, 9.17) is 4.74 Å². The van der Waals surface area contributed by atoms with Gasteiger partial charge in [0.05, 0.1) is 30.6 Å². The Labute approximate surface area is 174 Å². The molecule has 1 heterocycles. The first kappa shape index (κ1) is 20.9. The van der Waals surface area contributed by atoms with Crippen molar-refractivity contribution in [2.24, 2.45) is 0 Å². The number of para-hydroxylation sites is 2. The van der Waals surface area contributed by atoms with Gasteiger partial charge in [0.15, 0.2) is 5.78 Å². The van der Waals surface area contributed by atoms with Gasteiger partial charge in [-0.2, -0.15) is 11.8 Å². The summed E-state index contributed by atoms with van der Waals surface area (Å²) in [7, 11) is 1.56. The predicted octanol–water partition coefficient (Wildman–Crippen LogP) is 3.93. The molecule has 0 aliphatic heterocycles. The molecular formula is C22H25N3O3S. The van der Waals surface area contributed by atoms with Gasteiger partial charge in [0.25, 0.3) is 0 Å². The van der Waals surface area contributed by atoms with E-state index < -0.39 is 0 Å². The third-order valence-corrected chi connectivity index (χ3v) is 5.37. The number of rotatable bonds is 9. The van der Waals surface area contributed by atoms with Gasteiger partial charge in [0.1, 0.15) is 11.6 Å². The fourth-order valence-corrected chi connectivity index (χ4v) is 3.68. The van der Waals surface area contributed by atoms with Crippen LogP contribution in [0.5, 0.6) is 5.75 Å². The van der Waals surface area contributed by atoms with Crippen LogP contribution < -0.4 is 10.1 Å². The number of aromatic amines is 1. The number of methoxy groups -OCH3 is 1. The lowest BCUT2D eigenvalue weighted by Gasteiger charge is -2.17. The largest absolute Gasteiger partial charge is 0.496 e. The van der Waals surface area contributed by atoms with Crippen LogP contribution in [0.3, 0.4) is 0 Å². The molecule has 1 amide bonds. The number of thioether (sulfide) groups is 1. The molecule has 2 aromatic carbocycles. The van der Waals surface area contributed by atoms with Gasteiger partial charge in [-0.1, -0.05) is 12.1 Å². The molecule has 6 nitrogen and oxygen atoms in total. The molecule has 0 unspecified atom stereocenters. The van der Waals surface area contributed by atoms with Crippen LogP contribution in [0.2, 0.25) is 0 Å². The van der Waals surface area contributed by atoms with Crippen molar-refractivity contribution in [1.29, 1.82) is 0 Å². The smallest absolute Gasteiger partial charge is 0.225 e. The van der Waals surface area contributed by atoms with Crippen LogP contribution in [-0.4, -0.2) is 40.8 Å². The molecule has 1 aromatic heterocycles. The standard InChI is InChI=1S/C22H25N3O3S/c1-14(26)15-8-9-20(28-2)16(12-15)13-21(27)23-19(10-11-29-3)22-24-17-6-4-5-7-18(17)25-22/h4-9,12,19H,10-11,13H2,1-3H3,(H,23,27)(H,24,25)/t19-/m0/s1.